The third-order valence-electron chi connectivity index (χ3n) is 1.20. The second-order valence-corrected chi connectivity index (χ2v) is 2.74. The highest BCUT2D eigenvalue weighted by Crippen LogP contribution is 2.28. The lowest BCUT2D eigenvalue weighted by Gasteiger charge is -1.75. The molecule has 0 saturated heterocycles. The zero-order valence-electron chi connectivity index (χ0n) is 6.34. The molecule has 1 saturated carbocycles. The fourth-order valence-corrected chi connectivity index (χ4v) is 0.330. The Balaban J connectivity index is 0.000000187. The fourth-order valence-electron chi connectivity index (χ4n) is 0.330. The number of rotatable bonds is 2. The first-order valence-electron chi connectivity index (χ1n) is 3.49. The van der Waals surface area contributed by atoms with E-state index in [4.69, 9.17) is 16.7 Å². The molecule has 0 atom stereocenters. The van der Waals surface area contributed by atoms with Gasteiger partial charge in [-0.2, -0.15) is 0 Å². The van der Waals surface area contributed by atoms with E-state index in [-0.39, 0.29) is 11.2 Å². The maximum Gasteiger partial charge on any atom is 0.306 e. The molecule has 3 nitrogen and oxygen atoms in total. The van der Waals surface area contributed by atoms with E-state index in [2.05, 4.69) is 0 Å². The molecule has 1 N–H and O–H groups in total. The topological polar surface area (TPSA) is 54.4 Å². The van der Waals surface area contributed by atoms with Crippen LogP contribution in [-0.2, 0) is 9.59 Å². The van der Waals surface area contributed by atoms with Gasteiger partial charge in [-0.25, -0.2) is 0 Å². The minimum absolute atomic E-state index is 0.0185. The van der Waals surface area contributed by atoms with Gasteiger partial charge in [0, 0.05) is 6.42 Å². The molecule has 0 aromatic rings. The standard InChI is InChI=1S/C4H6O2.C3H5ClO/c5-4(6)3-1-2-3;1-2-3(4)5/h3H,1-2H2,(H,5,6);2H2,1H3. The van der Waals surface area contributed by atoms with Gasteiger partial charge < -0.3 is 5.11 Å². The number of aliphatic carboxylic acids is 1. The van der Waals surface area contributed by atoms with Gasteiger partial charge in [0.1, 0.15) is 0 Å². The number of carboxylic acids is 1. The number of carboxylic acid groups (broad SMARTS) is 1. The first-order valence-corrected chi connectivity index (χ1v) is 3.86. The van der Waals surface area contributed by atoms with Crippen LogP contribution >= 0.6 is 11.6 Å². The molecule has 0 heterocycles. The quantitative estimate of drug-likeness (QED) is 0.654. The second-order valence-electron chi connectivity index (χ2n) is 2.32. The van der Waals surface area contributed by atoms with Crippen LogP contribution in [0.15, 0.2) is 0 Å². The Kier molecular flexibility index (Phi) is 4.86. The molecule has 0 spiro atoms. The zero-order chi connectivity index (χ0) is 8.85. The van der Waals surface area contributed by atoms with Crippen molar-refractivity contribution < 1.29 is 14.7 Å². The zero-order valence-corrected chi connectivity index (χ0v) is 7.10. The highest BCUT2D eigenvalue weighted by Gasteiger charge is 2.28. The number of carbonyl (C=O) groups is 2. The lowest BCUT2D eigenvalue weighted by atomic mass is 10.5. The van der Waals surface area contributed by atoms with Crippen LogP contribution in [0.25, 0.3) is 0 Å². The van der Waals surface area contributed by atoms with Crippen molar-refractivity contribution >= 4 is 22.8 Å². The van der Waals surface area contributed by atoms with E-state index < -0.39 is 5.97 Å². The predicted molar refractivity (Wildman–Crippen MR) is 41.5 cm³/mol. The number of hydrogen-bond donors (Lipinski definition) is 1. The van der Waals surface area contributed by atoms with Gasteiger partial charge in [0.15, 0.2) is 0 Å². The van der Waals surface area contributed by atoms with E-state index in [1.165, 1.54) is 0 Å². The van der Waals surface area contributed by atoms with Gasteiger partial charge in [-0.05, 0) is 24.4 Å². The first kappa shape index (κ1) is 10.4. The molecule has 1 rings (SSSR count). The molecule has 0 aliphatic heterocycles. The van der Waals surface area contributed by atoms with Gasteiger partial charge in [-0.1, -0.05) is 6.92 Å². The molecule has 0 aromatic carbocycles. The van der Waals surface area contributed by atoms with E-state index in [9.17, 15) is 9.59 Å². The molecule has 64 valence electrons. The monoisotopic (exact) mass is 178 g/mol. The van der Waals surface area contributed by atoms with E-state index in [1.807, 2.05) is 0 Å². The third kappa shape index (κ3) is 7.33. The van der Waals surface area contributed by atoms with Crippen LogP contribution in [0.3, 0.4) is 0 Å². The molecular formula is C7H11ClO3. The second kappa shape index (κ2) is 5.13. The van der Waals surface area contributed by atoms with Crippen molar-refractivity contribution in [1.82, 2.24) is 0 Å². The van der Waals surface area contributed by atoms with Crippen molar-refractivity contribution in [1.29, 1.82) is 0 Å². The van der Waals surface area contributed by atoms with Crippen molar-refractivity contribution in [3.8, 4) is 0 Å². The van der Waals surface area contributed by atoms with Crippen molar-refractivity contribution in [3.63, 3.8) is 0 Å². The highest BCUT2D eigenvalue weighted by atomic mass is 35.5. The first-order chi connectivity index (χ1) is 5.07. The molecule has 1 fully saturated rings. The summed E-state index contributed by atoms with van der Waals surface area (Å²) in [6.07, 6.45) is 2.23. The summed E-state index contributed by atoms with van der Waals surface area (Å²) in [5.41, 5.74) is 0. The predicted octanol–water partition coefficient (Wildman–Crippen LogP) is 1.64. The molecule has 0 amide bonds. The third-order valence-corrected chi connectivity index (χ3v) is 1.47. The number of carbonyl (C=O) groups excluding carboxylic acids is 1. The minimum Gasteiger partial charge on any atom is -0.481 e. The van der Waals surface area contributed by atoms with Crippen molar-refractivity contribution in [2.45, 2.75) is 26.2 Å². The molecule has 0 bridgehead atoms. The average molecular weight is 179 g/mol. The Morgan fingerprint density at radius 2 is 1.91 bits per heavy atom. The average Bonchev–Trinajstić information content (AvgIpc) is 2.69. The summed E-state index contributed by atoms with van der Waals surface area (Å²) in [6, 6.07) is 0. The molecule has 0 unspecified atom stereocenters. The molecule has 0 radical (unpaired) electrons. The minimum atomic E-state index is -0.630. The summed E-state index contributed by atoms with van der Waals surface area (Å²) in [6.45, 7) is 1.72. The van der Waals surface area contributed by atoms with E-state index in [1.54, 1.807) is 6.92 Å². The van der Waals surface area contributed by atoms with Crippen LogP contribution in [0.4, 0.5) is 0 Å². The largest absolute Gasteiger partial charge is 0.481 e. The Bertz CT molecular complexity index is 152. The summed E-state index contributed by atoms with van der Waals surface area (Å²) in [7, 11) is 0. The summed E-state index contributed by atoms with van der Waals surface area (Å²) >= 11 is 4.82. The normalized spacial score (nSPS) is 14.7. The maximum absolute atomic E-state index is 9.76. The highest BCUT2D eigenvalue weighted by molar-refractivity contribution is 6.63. The van der Waals surface area contributed by atoms with Crippen LogP contribution < -0.4 is 0 Å². The number of hydrogen-bond acceptors (Lipinski definition) is 2. The summed E-state index contributed by atoms with van der Waals surface area (Å²) in [4.78, 5) is 19.3. The smallest absolute Gasteiger partial charge is 0.306 e. The van der Waals surface area contributed by atoms with Gasteiger partial charge in [-0.3, -0.25) is 9.59 Å². The van der Waals surface area contributed by atoms with Crippen molar-refractivity contribution in [2.24, 2.45) is 5.92 Å². The Hall–Kier alpha value is -0.570. The van der Waals surface area contributed by atoms with Gasteiger partial charge >= 0.3 is 5.97 Å². The van der Waals surface area contributed by atoms with Gasteiger partial charge in [0.2, 0.25) is 5.24 Å². The Morgan fingerprint density at radius 1 is 1.55 bits per heavy atom. The fraction of sp³-hybridized carbons (Fsp3) is 0.714. The molecule has 1 aliphatic carbocycles. The molecule has 4 heteroatoms. The van der Waals surface area contributed by atoms with Crippen LogP contribution in [-0.4, -0.2) is 16.3 Å². The lowest BCUT2D eigenvalue weighted by Crippen LogP contribution is -1.94. The lowest BCUT2D eigenvalue weighted by molar-refractivity contribution is -0.138. The summed E-state index contributed by atoms with van der Waals surface area (Å²) < 4.78 is 0. The van der Waals surface area contributed by atoms with Crippen LogP contribution in [0.1, 0.15) is 26.2 Å². The summed E-state index contributed by atoms with van der Waals surface area (Å²) in [5, 5.41) is 7.78. The summed E-state index contributed by atoms with van der Waals surface area (Å²) in [5.74, 6) is -0.611. The van der Waals surface area contributed by atoms with Gasteiger partial charge in [0.05, 0.1) is 5.92 Å². The van der Waals surface area contributed by atoms with E-state index in [0.29, 0.717) is 6.42 Å². The Labute approximate surface area is 70.3 Å². The number of halogens is 1. The van der Waals surface area contributed by atoms with Gasteiger partial charge in [0.25, 0.3) is 0 Å². The maximum atomic E-state index is 9.76. The molecule has 0 aromatic heterocycles. The van der Waals surface area contributed by atoms with Crippen LogP contribution in [0.5, 0.6) is 0 Å². The van der Waals surface area contributed by atoms with Crippen molar-refractivity contribution in [2.75, 3.05) is 0 Å². The van der Waals surface area contributed by atoms with E-state index in [0.717, 1.165) is 12.8 Å². The molecular weight excluding hydrogens is 168 g/mol. The van der Waals surface area contributed by atoms with Crippen molar-refractivity contribution in [3.05, 3.63) is 0 Å². The molecule has 11 heavy (non-hydrogen) atoms. The van der Waals surface area contributed by atoms with Gasteiger partial charge in [-0.15, -0.1) is 0 Å². The van der Waals surface area contributed by atoms with Crippen LogP contribution in [0, 0.1) is 5.92 Å². The van der Waals surface area contributed by atoms with Crippen LogP contribution in [0.2, 0.25) is 0 Å². The SMILES string of the molecule is CCC(=O)Cl.O=C(O)C1CC1. The Morgan fingerprint density at radius 3 is 1.91 bits per heavy atom. The van der Waals surface area contributed by atoms with E-state index >= 15 is 0 Å². The molecule has 1 aliphatic rings.